The topological polar surface area (TPSA) is 9.23 Å². The lowest BCUT2D eigenvalue weighted by atomic mass is 9.97. The van der Waals surface area contributed by atoms with Gasteiger partial charge in [0.25, 0.3) is 0 Å². The van der Waals surface area contributed by atoms with Crippen LogP contribution >= 0.6 is 0 Å². The van der Waals surface area contributed by atoms with E-state index < -0.39 is 0 Å². The Morgan fingerprint density at radius 1 is 1.20 bits per heavy atom. The van der Waals surface area contributed by atoms with E-state index in [-0.39, 0.29) is 0 Å². The first-order chi connectivity index (χ1) is 9.90. The van der Waals surface area contributed by atoms with Crippen LogP contribution in [0.5, 0.6) is 0 Å². The van der Waals surface area contributed by atoms with Crippen molar-refractivity contribution in [2.24, 2.45) is 0 Å². The molecule has 0 atom stereocenters. The van der Waals surface area contributed by atoms with Gasteiger partial charge in [0.15, 0.2) is 0 Å². The van der Waals surface area contributed by atoms with Crippen LogP contribution in [0.3, 0.4) is 0 Å². The zero-order valence-corrected chi connectivity index (χ0v) is 12.6. The average Bonchev–Trinajstić information content (AvgIpc) is 2.52. The van der Waals surface area contributed by atoms with Crippen molar-refractivity contribution in [3.05, 3.63) is 59.4 Å². The Labute approximate surface area is 123 Å². The molecule has 0 saturated heterocycles. The molecule has 0 bridgehead atoms. The van der Waals surface area contributed by atoms with Gasteiger partial charge in [-0.1, -0.05) is 49.8 Å². The van der Waals surface area contributed by atoms with Crippen molar-refractivity contribution >= 4 is 0 Å². The fourth-order valence-electron chi connectivity index (χ4n) is 2.52. The fourth-order valence-corrected chi connectivity index (χ4v) is 2.52. The molecule has 1 aliphatic carbocycles. The molecule has 108 valence electrons. The third kappa shape index (κ3) is 4.88. The molecule has 1 aromatic carbocycles. The number of unbranched alkanes of at least 4 members (excludes halogenated alkanes) is 2. The molecule has 0 N–H and O–H groups in total. The van der Waals surface area contributed by atoms with Gasteiger partial charge < -0.3 is 4.74 Å². The number of ether oxygens (including phenoxy) is 1. The number of benzene rings is 1. The quantitative estimate of drug-likeness (QED) is 0.451. The third-order valence-electron chi connectivity index (χ3n) is 3.73. The Balaban J connectivity index is 1.98. The van der Waals surface area contributed by atoms with Crippen LogP contribution in [0.4, 0.5) is 0 Å². The third-order valence-corrected chi connectivity index (χ3v) is 3.73. The number of allylic oxidation sites excluding steroid dienone is 3. The van der Waals surface area contributed by atoms with Crippen LogP contribution in [-0.4, -0.2) is 0 Å². The zero-order chi connectivity index (χ0) is 14.0. The van der Waals surface area contributed by atoms with Crippen LogP contribution in [0.1, 0.15) is 57.4 Å². The van der Waals surface area contributed by atoms with Crippen molar-refractivity contribution in [1.29, 1.82) is 0 Å². The summed E-state index contributed by atoms with van der Waals surface area (Å²) in [6.45, 7) is 2.91. The molecule has 0 radical (unpaired) electrons. The summed E-state index contributed by atoms with van der Waals surface area (Å²) in [5.74, 6) is 1.13. The van der Waals surface area contributed by atoms with Gasteiger partial charge in [-0.3, -0.25) is 0 Å². The van der Waals surface area contributed by atoms with Crippen molar-refractivity contribution < 1.29 is 4.74 Å². The predicted octanol–water partition coefficient (Wildman–Crippen LogP) is 5.78. The number of hydrogen-bond donors (Lipinski definition) is 0. The van der Waals surface area contributed by atoms with Crippen molar-refractivity contribution in [2.45, 2.75) is 58.5 Å². The summed E-state index contributed by atoms with van der Waals surface area (Å²) in [6, 6.07) is 10.4. The smallest absolute Gasteiger partial charge is 0.118 e. The molecule has 1 aromatic rings. The molecule has 0 aliphatic heterocycles. The van der Waals surface area contributed by atoms with Gasteiger partial charge in [0.2, 0.25) is 0 Å². The van der Waals surface area contributed by atoms with Crippen molar-refractivity contribution in [3.8, 4) is 0 Å². The summed E-state index contributed by atoms with van der Waals surface area (Å²) in [4.78, 5) is 0. The summed E-state index contributed by atoms with van der Waals surface area (Å²) in [7, 11) is 0. The average molecular weight is 270 g/mol. The molecule has 2 rings (SSSR count). The first kappa shape index (κ1) is 14.9. The van der Waals surface area contributed by atoms with E-state index in [9.17, 15) is 0 Å². The summed E-state index contributed by atoms with van der Waals surface area (Å²) < 4.78 is 6.11. The maximum absolute atomic E-state index is 6.11. The Hall–Kier alpha value is -1.50. The highest BCUT2D eigenvalue weighted by molar-refractivity contribution is 5.27. The van der Waals surface area contributed by atoms with E-state index in [1.54, 1.807) is 0 Å². The minimum Gasteiger partial charge on any atom is -0.489 e. The minimum absolute atomic E-state index is 0.677. The molecular formula is C19H26O. The van der Waals surface area contributed by atoms with Gasteiger partial charge >= 0.3 is 0 Å². The highest BCUT2D eigenvalue weighted by Gasteiger charge is 2.10. The molecule has 0 saturated carbocycles. The zero-order valence-electron chi connectivity index (χ0n) is 12.6. The van der Waals surface area contributed by atoms with E-state index in [2.05, 4.69) is 43.3 Å². The SMILES string of the molecule is CCCC/C=C(\OCc1ccccc1)C1=CCCCC1. The molecule has 1 heteroatoms. The highest BCUT2D eigenvalue weighted by atomic mass is 16.5. The monoisotopic (exact) mass is 270 g/mol. The molecule has 0 unspecified atom stereocenters. The van der Waals surface area contributed by atoms with Crippen molar-refractivity contribution in [3.63, 3.8) is 0 Å². The second-order valence-corrected chi connectivity index (χ2v) is 5.46. The Morgan fingerprint density at radius 2 is 2.05 bits per heavy atom. The van der Waals surface area contributed by atoms with E-state index in [1.165, 1.54) is 49.7 Å². The van der Waals surface area contributed by atoms with Crippen LogP contribution < -0.4 is 0 Å². The first-order valence-electron chi connectivity index (χ1n) is 7.96. The summed E-state index contributed by atoms with van der Waals surface area (Å²) in [5, 5.41) is 0. The molecule has 1 aliphatic rings. The van der Waals surface area contributed by atoms with E-state index in [1.807, 2.05) is 6.07 Å². The van der Waals surface area contributed by atoms with Crippen LogP contribution in [0.2, 0.25) is 0 Å². The van der Waals surface area contributed by atoms with E-state index in [4.69, 9.17) is 4.74 Å². The lowest BCUT2D eigenvalue weighted by Gasteiger charge is -2.17. The normalized spacial score (nSPS) is 15.8. The van der Waals surface area contributed by atoms with Gasteiger partial charge in [-0.15, -0.1) is 0 Å². The molecule has 0 heterocycles. The Bertz CT molecular complexity index is 442. The van der Waals surface area contributed by atoms with Gasteiger partial charge in [0.05, 0.1) is 0 Å². The van der Waals surface area contributed by atoms with Crippen molar-refractivity contribution in [2.75, 3.05) is 0 Å². The number of hydrogen-bond acceptors (Lipinski definition) is 1. The predicted molar refractivity (Wildman–Crippen MR) is 85.4 cm³/mol. The Kier molecular flexibility index (Phi) is 6.43. The van der Waals surface area contributed by atoms with Gasteiger partial charge in [-0.25, -0.2) is 0 Å². The van der Waals surface area contributed by atoms with E-state index >= 15 is 0 Å². The van der Waals surface area contributed by atoms with Gasteiger partial charge in [0.1, 0.15) is 12.4 Å². The summed E-state index contributed by atoms with van der Waals surface area (Å²) in [5.41, 5.74) is 2.66. The summed E-state index contributed by atoms with van der Waals surface area (Å²) in [6.07, 6.45) is 13.3. The van der Waals surface area contributed by atoms with Crippen LogP contribution in [0.25, 0.3) is 0 Å². The second kappa shape index (κ2) is 8.63. The van der Waals surface area contributed by atoms with Crippen LogP contribution in [0.15, 0.2) is 53.8 Å². The van der Waals surface area contributed by atoms with Gasteiger partial charge in [-0.2, -0.15) is 0 Å². The molecular weight excluding hydrogens is 244 g/mol. The Morgan fingerprint density at radius 3 is 2.75 bits per heavy atom. The molecule has 0 fully saturated rings. The largest absolute Gasteiger partial charge is 0.489 e. The molecule has 0 aromatic heterocycles. The maximum atomic E-state index is 6.11. The van der Waals surface area contributed by atoms with Gasteiger partial charge in [-0.05, 0) is 55.7 Å². The molecule has 20 heavy (non-hydrogen) atoms. The standard InChI is InChI=1S/C19H26O/c1-2-3-6-15-19(18-13-9-5-10-14-18)20-16-17-11-7-4-8-12-17/h4,7-8,11-13,15H,2-3,5-6,9-10,14,16H2,1H3/b19-15-. The fraction of sp³-hybridized carbons (Fsp3) is 0.474. The first-order valence-corrected chi connectivity index (χ1v) is 7.96. The minimum atomic E-state index is 0.677. The molecule has 1 nitrogen and oxygen atoms in total. The van der Waals surface area contributed by atoms with Crippen LogP contribution in [0, 0.1) is 0 Å². The molecule has 0 spiro atoms. The summed E-state index contributed by atoms with van der Waals surface area (Å²) >= 11 is 0. The lowest BCUT2D eigenvalue weighted by Crippen LogP contribution is -2.01. The maximum Gasteiger partial charge on any atom is 0.118 e. The van der Waals surface area contributed by atoms with Gasteiger partial charge in [0, 0.05) is 0 Å². The second-order valence-electron chi connectivity index (χ2n) is 5.46. The van der Waals surface area contributed by atoms with Crippen molar-refractivity contribution in [1.82, 2.24) is 0 Å². The lowest BCUT2D eigenvalue weighted by molar-refractivity contribution is 0.202. The number of rotatable bonds is 7. The highest BCUT2D eigenvalue weighted by Crippen LogP contribution is 2.26. The molecule has 0 amide bonds. The van der Waals surface area contributed by atoms with E-state index in [0.717, 1.165) is 12.2 Å². The van der Waals surface area contributed by atoms with Crippen LogP contribution in [-0.2, 0) is 11.3 Å². The van der Waals surface area contributed by atoms with E-state index in [0.29, 0.717) is 6.61 Å².